The van der Waals surface area contributed by atoms with Crippen LogP contribution in [0.4, 0.5) is 4.39 Å². The molecule has 1 N–H and O–H groups in total. The molecule has 1 aliphatic heterocycles. The van der Waals surface area contributed by atoms with Crippen molar-refractivity contribution in [3.8, 4) is 6.07 Å². The number of rotatable bonds is 4. The van der Waals surface area contributed by atoms with E-state index in [-0.39, 0.29) is 11.6 Å². The van der Waals surface area contributed by atoms with Gasteiger partial charge in [-0.25, -0.2) is 17.1 Å². The van der Waals surface area contributed by atoms with E-state index in [0.717, 1.165) is 18.4 Å². The molecule has 0 saturated carbocycles. The summed E-state index contributed by atoms with van der Waals surface area (Å²) in [4.78, 5) is 0. The van der Waals surface area contributed by atoms with Crippen molar-refractivity contribution in [1.82, 2.24) is 9.62 Å². The average Bonchev–Trinajstić information content (AvgIpc) is 2.46. The minimum Gasteiger partial charge on any atom is -0.310 e. The van der Waals surface area contributed by atoms with Gasteiger partial charge in [0.05, 0.1) is 11.8 Å². The molecule has 0 aliphatic carbocycles. The number of hydrogen-bond acceptors (Lipinski definition) is 4. The Morgan fingerprint density at radius 3 is 2.67 bits per heavy atom. The van der Waals surface area contributed by atoms with E-state index in [4.69, 9.17) is 5.26 Å². The molecule has 1 fully saturated rings. The maximum Gasteiger partial charge on any atom is 0.211 e. The van der Waals surface area contributed by atoms with Crippen LogP contribution in [0.15, 0.2) is 18.2 Å². The first-order valence-corrected chi connectivity index (χ1v) is 8.62. The van der Waals surface area contributed by atoms with Crippen molar-refractivity contribution >= 4 is 10.0 Å². The predicted molar refractivity (Wildman–Crippen MR) is 77.4 cm³/mol. The molecule has 1 saturated heterocycles. The third kappa shape index (κ3) is 4.24. The van der Waals surface area contributed by atoms with Gasteiger partial charge in [0.1, 0.15) is 11.9 Å². The van der Waals surface area contributed by atoms with Gasteiger partial charge in [0.15, 0.2) is 0 Å². The Hall–Kier alpha value is -1.49. The van der Waals surface area contributed by atoms with Crippen LogP contribution in [0.25, 0.3) is 0 Å². The molecule has 21 heavy (non-hydrogen) atoms. The van der Waals surface area contributed by atoms with Gasteiger partial charge in [-0.05, 0) is 30.5 Å². The lowest BCUT2D eigenvalue weighted by Crippen LogP contribution is -2.44. The number of piperidine rings is 1. The van der Waals surface area contributed by atoms with Crippen LogP contribution in [0.1, 0.15) is 24.0 Å². The quantitative estimate of drug-likeness (QED) is 0.907. The van der Waals surface area contributed by atoms with Crippen molar-refractivity contribution in [3.05, 3.63) is 35.1 Å². The van der Waals surface area contributed by atoms with Gasteiger partial charge in [0.25, 0.3) is 0 Å². The molecule has 1 aliphatic rings. The van der Waals surface area contributed by atoms with Crippen LogP contribution in [-0.2, 0) is 16.6 Å². The first-order valence-electron chi connectivity index (χ1n) is 6.77. The lowest BCUT2D eigenvalue weighted by molar-refractivity contribution is 0.290. The second kappa shape index (κ2) is 6.52. The summed E-state index contributed by atoms with van der Waals surface area (Å²) in [6.07, 6.45) is 2.72. The zero-order valence-corrected chi connectivity index (χ0v) is 12.7. The van der Waals surface area contributed by atoms with Gasteiger partial charge in [0.2, 0.25) is 10.0 Å². The van der Waals surface area contributed by atoms with Crippen LogP contribution in [-0.4, -0.2) is 38.1 Å². The molecule has 7 heteroatoms. The van der Waals surface area contributed by atoms with Gasteiger partial charge in [-0.3, -0.25) is 0 Å². The second-order valence-corrected chi connectivity index (χ2v) is 7.23. The molecule has 2 rings (SSSR count). The van der Waals surface area contributed by atoms with Gasteiger partial charge in [-0.1, -0.05) is 6.07 Å². The van der Waals surface area contributed by atoms with Crippen molar-refractivity contribution in [2.24, 2.45) is 0 Å². The Morgan fingerprint density at radius 1 is 1.43 bits per heavy atom. The third-order valence-electron chi connectivity index (χ3n) is 3.67. The van der Waals surface area contributed by atoms with Gasteiger partial charge in [0, 0.05) is 25.7 Å². The second-order valence-electron chi connectivity index (χ2n) is 5.24. The number of halogens is 1. The SMILES string of the molecule is CS(=O)(=O)N1CCC(NCc2ccc(F)c(C#N)c2)CC1. The monoisotopic (exact) mass is 311 g/mol. The van der Waals surface area contributed by atoms with Crippen molar-refractivity contribution in [2.75, 3.05) is 19.3 Å². The smallest absolute Gasteiger partial charge is 0.211 e. The van der Waals surface area contributed by atoms with Crippen LogP contribution in [0.2, 0.25) is 0 Å². The summed E-state index contributed by atoms with van der Waals surface area (Å²) in [6, 6.07) is 6.53. The number of sulfonamides is 1. The molecule has 0 atom stereocenters. The molecule has 114 valence electrons. The van der Waals surface area contributed by atoms with Crippen LogP contribution >= 0.6 is 0 Å². The Labute approximate surface area is 124 Å². The van der Waals surface area contributed by atoms with Crippen LogP contribution in [0.3, 0.4) is 0 Å². The molecular formula is C14H18FN3O2S. The summed E-state index contributed by atoms with van der Waals surface area (Å²) in [5, 5.41) is 12.1. The van der Waals surface area contributed by atoms with Crippen molar-refractivity contribution in [2.45, 2.75) is 25.4 Å². The molecule has 0 unspecified atom stereocenters. The summed E-state index contributed by atoms with van der Waals surface area (Å²) in [5.41, 5.74) is 0.889. The highest BCUT2D eigenvalue weighted by Gasteiger charge is 2.24. The lowest BCUT2D eigenvalue weighted by atomic mass is 10.1. The standard InChI is InChI=1S/C14H18FN3O2S/c1-21(19,20)18-6-4-13(5-7-18)17-10-11-2-3-14(15)12(8-11)9-16/h2-3,8,13,17H,4-7,10H2,1H3. The van der Waals surface area contributed by atoms with E-state index in [1.165, 1.54) is 22.7 Å². The van der Waals surface area contributed by atoms with Gasteiger partial charge >= 0.3 is 0 Å². The summed E-state index contributed by atoms with van der Waals surface area (Å²) in [5.74, 6) is -0.511. The van der Waals surface area contributed by atoms with E-state index in [0.29, 0.717) is 19.6 Å². The number of nitrogens with zero attached hydrogens (tertiary/aromatic N) is 2. The zero-order chi connectivity index (χ0) is 15.5. The van der Waals surface area contributed by atoms with Crippen LogP contribution in [0.5, 0.6) is 0 Å². The normalized spacial score (nSPS) is 17.6. The maximum atomic E-state index is 13.2. The van der Waals surface area contributed by atoms with E-state index in [9.17, 15) is 12.8 Å². The summed E-state index contributed by atoms with van der Waals surface area (Å²) >= 11 is 0. The molecule has 0 bridgehead atoms. The number of hydrogen-bond donors (Lipinski definition) is 1. The highest BCUT2D eigenvalue weighted by Crippen LogP contribution is 2.15. The molecule has 0 radical (unpaired) electrons. The fourth-order valence-electron chi connectivity index (χ4n) is 2.42. The molecule has 1 aromatic rings. The van der Waals surface area contributed by atoms with E-state index >= 15 is 0 Å². The lowest BCUT2D eigenvalue weighted by Gasteiger charge is -2.30. The van der Waals surface area contributed by atoms with Crippen LogP contribution < -0.4 is 5.32 Å². The van der Waals surface area contributed by atoms with Gasteiger partial charge in [-0.2, -0.15) is 5.26 Å². The van der Waals surface area contributed by atoms with Crippen LogP contribution in [0, 0.1) is 17.1 Å². The minimum absolute atomic E-state index is 0.0428. The predicted octanol–water partition coefficient (Wildman–Crippen LogP) is 1.21. The highest BCUT2D eigenvalue weighted by molar-refractivity contribution is 7.88. The Kier molecular flexibility index (Phi) is 4.93. The van der Waals surface area contributed by atoms with Gasteiger partial charge < -0.3 is 5.32 Å². The fraction of sp³-hybridized carbons (Fsp3) is 0.500. The zero-order valence-electron chi connectivity index (χ0n) is 11.8. The van der Waals surface area contributed by atoms with E-state index in [1.54, 1.807) is 6.07 Å². The van der Waals surface area contributed by atoms with Gasteiger partial charge in [-0.15, -0.1) is 0 Å². The Bertz CT molecular complexity index is 647. The summed E-state index contributed by atoms with van der Waals surface area (Å²) in [7, 11) is -3.10. The molecule has 5 nitrogen and oxygen atoms in total. The van der Waals surface area contributed by atoms with Crippen molar-refractivity contribution in [3.63, 3.8) is 0 Å². The molecule has 0 spiro atoms. The maximum absolute atomic E-state index is 13.2. The highest BCUT2D eigenvalue weighted by atomic mass is 32.2. The topological polar surface area (TPSA) is 73.2 Å². The molecule has 1 aromatic carbocycles. The largest absolute Gasteiger partial charge is 0.310 e. The Morgan fingerprint density at radius 2 is 2.10 bits per heavy atom. The van der Waals surface area contributed by atoms with E-state index in [2.05, 4.69) is 5.32 Å². The van der Waals surface area contributed by atoms with Crippen molar-refractivity contribution < 1.29 is 12.8 Å². The summed E-state index contributed by atoms with van der Waals surface area (Å²) in [6.45, 7) is 1.57. The number of nitrogens with one attached hydrogen (secondary N) is 1. The Balaban J connectivity index is 1.87. The first kappa shape index (κ1) is 15.9. The fourth-order valence-corrected chi connectivity index (χ4v) is 3.30. The minimum atomic E-state index is -3.10. The molecule has 0 amide bonds. The van der Waals surface area contributed by atoms with E-state index < -0.39 is 15.8 Å². The summed E-state index contributed by atoms with van der Waals surface area (Å²) < 4.78 is 37.5. The molecule has 1 heterocycles. The number of benzene rings is 1. The third-order valence-corrected chi connectivity index (χ3v) is 4.97. The molecule has 0 aromatic heterocycles. The van der Waals surface area contributed by atoms with Crippen molar-refractivity contribution in [1.29, 1.82) is 5.26 Å². The number of nitriles is 1. The first-order chi connectivity index (χ1) is 9.90. The van der Waals surface area contributed by atoms with E-state index in [1.807, 2.05) is 6.07 Å². The molecular weight excluding hydrogens is 293 g/mol. The average molecular weight is 311 g/mol.